The maximum absolute atomic E-state index is 13.5. The Kier molecular flexibility index (Phi) is 3.58. The average molecular weight is 253 g/mol. The van der Waals surface area contributed by atoms with E-state index in [0.29, 0.717) is 18.5 Å². The molecule has 0 saturated heterocycles. The van der Waals surface area contributed by atoms with Crippen molar-refractivity contribution in [2.45, 2.75) is 12.8 Å². The normalized spacial score (nSPS) is 10.5. The van der Waals surface area contributed by atoms with Crippen molar-refractivity contribution in [2.24, 2.45) is 0 Å². The zero-order chi connectivity index (χ0) is 12.3. The largest absolute Gasteiger partial charge is 0.303 e. The first kappa shape index (κ1) is 11.9. The van der Waals surface area contributed by atoms with Gasteiger partial charge in [0.15, 0.2) is 0 Å². The van der Waals surface area contributed by atoms with Crippen molar-refractivity contribution in [1.82, 2.24) is 4.98 Å². The van der Waals surface area contributed by atoms with E-state index in [0.717, 1.165) is 29.5 Å². The topological polar surface area (TPSA) is 30.0 Å². The van der Waals surface area contributed by atoms with E-state index < -0.39 is 11.6 Å². The van der Waals surface area contributed by atoms with Gasteiger partial charge in [0, 0.05) is 23.8 Å². The van der Waals surface area contributed by atoms with Gasteiger partial charge in [0.25, 0.3) is 0 Å². The molecule has 5 heteroatoms. The smallest absolute Gasteiger partial charge is 0.132 e. The number of aromatic nitrogens is 1. The molecule has 0 amide bonds. The van der Waals surface area contributed by atoms with Crippen LogP contribution in [-0.4, -0.2) is 11.3 Å². The Balaban J connectivity index is 2.30. The monoisotopic (exact) mass is 253 g/mol. The molecular weight excluding hydrogens is 244 g/mol. The molecule has 0 aliphatic heterocycles. The lowest BCUT2D eigenvalue weighted by Crippen LogP contribution is -1.88. The van der Waals surface area contributed by atoms with Crippen LogP contribution in [-0.2, 0) is 11.2 Å². The van der Waals surface area contributed by atoms with Crippen molar-refractivity contribution >= 4 is 17.6 Å². The molecule has 1 aromatic heterocycles. The summed E-state index contributed by atoms with van der Waals surface area (Å²) in [5.41, 5.74) is 0.562. The second-order valence-corrected chi connectivity index (χ2v) is 4.40. The predicted octanol–water partition coefficient (Wildman–Crippen LogP) is 3.22. The first-order chi connectivity index (χ1) is 8.20. The number of carbonyl (C=O) groups is 1. The van der Waals surface area contributed by atoms with Crippen LogP contribution in [0.25, 0.3) is 11.3 Å². The summed E-state index contributed by atoms with van der Waals surface area (Å²) < 4.78 is 26.5. The van der Waals surface area contributed by atoms with Crippen molar-refractivity contribution < 1.29 is 13.6 Å². The van der Waals surface area contributed by atoms with E-state index in [1.807, 2.05) is 0 Å². The SMILES string of the molecule is O=CCCc1nc(-c2cc(F)ccc2F)cs1. The first-order valence-corrected chi connectivity index (χ1v) is 5.92. The van der Waals surface area contributed by atoms with Crippen LogP contribution in [0, 0.1) is 11.6 Å². The predicted molar refractivity (Wildman–Crippen MR) is 61.9 cm³/mol. The molecule has 0 saturated carbocycles. The van der Waals surface area contributed by atoms with E-state index in [9.17, 15) is 13.6 Å². The minimum atomic E-state index is -0.501. The van der Waals surface area contributed by atoms with Gasteiger partial charge in [0.05, 0.1) is 10.7 Å². The van der Waals surface area contributed by atoms with Crippen molar-refractivity contribution in [3.8, 4) is 11.3 Å². The zero-order valence-corrected chi connectivity index (χ0v) is 9.64. The summed E-state index contributed by atoms with van der Waals surface area (Å²) >= 11 is 1.34. The quantitative estimate of drug-likeness (QED) is 0.783. The Bertz CT molecular complexity index is 539. The lowest BCUT2D eigenvalue weighted by atomic mass is 10.1. The first-order valence-electron chi connectivity index (χ1n) is 5.04. The molecule has 0 bridgehead atoms. The van der Waals surface area contributed by atoms with E-state index in [2.05, 4.69) is 4.98 Å². The van der Waals surface area contributed by atoms with Crippen LogP contribution in [0.2, 0.25) is 0 Å². The fraction of sp³-hybridized carbons (Fsp3) is 0.167. The molecule has 2 nitrogen and oxygen atoms in total. The fourth-order valence-corrected chi connectivity index (χ4v) is 2.24. The third-order valence-corrected chi connectivity index (χ3v) is 3.14. The Morgan fingerprint density at radius 1 is 1.35 bits per heavy atom. The van der Waals surface area contributed by atoms with E-state index in [1.165, 1.54) is 11.3 Å². The van der Waals surface area contributed by atoms with Gasteiger partial charge in [0.2, 0.25) is 0 Å². The minimum Gasteiger partial charge on any atom is -0.303 e. The molecule has 88 valence electrons. The number of benzene rings is 1. The van der Waals surface area contributed by atoms with Crippen molar-refractivity contribution in [3.05, 3.63) is 40.2 Å². The molecule has 2 rings (SSSR count). The van der Waals surface area contributed by atoms with Gasteiger partial charge in [0.1, 0.15) is 17.9 Å². The number of halogens is 2. The van der Waals surface area contributed by atoms with Gasteiger partial charge in [-0.2, -0.15) is 0 Å². The van der Waals surface area contributed by atoms with E-state index in [-0.39, 0.29) is 5.56 Å². The Morgan fingerprint density at radius 2 is 2.18 bits per heavy atom. The van der Waals surface area contributed by atoms with Gasteiger partial charge in [-0.05, 0) is 18.2 Å². The molecule has 0 fully saturated rings. The molecule has 17 heavy (non-hydrogen) atoms. The average Bonchev–Trinajstić information content (AvgIpc) is 2.78. The maximum atomic E-state index is 13.5. The maximum Gasteiger partial charge on any atom is 0.132 e. The minimum absolute atomic E-state index is 0.151. The molecule has 0 radical (unpaired) electrons. The van der Waals surface area contributed by atoms with Crippen LogP contribution in [0.1, 0.15) is 11.4 Å². The Labute approximate surface area is 101 Å². The van der Waals surface area contributed by atoms with Crippen LogP contribution in [0.15, 0.2) is 23.6 Å². The number of hydrogen-bond donors (Lipinski definition) is 0. The van der Waals surface area contributed by atoms with Gasteiger partial charge in [-0.3, -0.25) is 0 Å². The van der Waals surface area contributed by atoms with E-state index in [1.54, 1.807) is 5.38 Å². The molecule has 2 aromatic rings. The summed E-state index contributed by atoms with van der Waals surface area (Å²) in [5.74, 6) is -0.998. The molecule has 1 heterocycles. The molecule has 1 aromatic carbocycles. The fourth-order valence-electron chi connectivity index (χ4n) is 1.43. The highest BCUT2D eigenvalue weighted by Crippen LogP contribution is 2.25. The number of thiazole rings is 1. The van der Waals surface area contributed by atoms with Gasteiger partial charge >= 0.3 is 0 Å². The molecule has 0 atom stereocenters. The molecule has 0 N–H and O–H groups in total. The number of rotatable bonds is 4. The lowest BCUT2D eigenvalue weighted by molar-refractivity contribution is -0.107. The number of aryl methyl sites for hydroxylation is 1. The van der Waals surface area contributed by atoms with Gasteiger partial charge in [-0.1, -0.05) is 0 Å². The number of aldehydes is 1. The summed E-state index contributed by atoms with van der Waals surface area (Å²) in [6.07, 6.45) is 1.73. The molecule has 0 unspecified atom stereocenters. The molecular formula is C12H9F2NOS. The van der Waals surface area contributed by atoms with Gasteiger partial charge in [-0.15, -0.1) is 11.3 Å². The summed E-state index contributed by atoms with van der Waals surface area (Å²) in [4.78, 5) is 14.4. The summed E-state index contributed by atoms with van der Waals surface area (Å²) in [7, 11) is 0. The third-order valence-electron chi connectivity index (χ3n) is 2.23. The van der Waals surface area contributed by atoms with Gasteiger partial charge < -0.3 is 4.79 Å². The van der Waals surface area contributed by atoms with Crippen LogP contribution in [0.5, 0.6) is 0 Å². The van der Waals surface area contributed by atoms with Crippen molar-refractivity contribution in [3.63, 3.8) is 0 Å². The van der Waals surface area contributed by atoms with Crippen LogP contribution < -0.4 is 0 Å². The second kappa shape index (κ2) is 5.14. The third kappa shape index (κ3) is 2.74. The standard InChI is InChI=1S/C12H9F2NOS/c13-8-3-4-10(14)9(6-8)11-7-17-12(15-11)2-1-5-16/h3-7H,1-2H2. The van der Waals surface area contributed by atoms with E-state index in [4.69, 9.17) is 0 Å². The number of hydrogen-bond acceptors (Lipinski definition) is 3. The highest BCUT2D eigenvalue weighted by molar-refractivity contribution is 7.09. The van der Waals surface area contributed by atoms with E-state index >= 15 is 0 Å². The van der Waals surface area contributed by atoms with Crippen molar-refractivity contribution in [2.75, 3.05) is 0 Å². The highest BCUT2D eigenvalue weighted by atomic mass is 32.1. The Morgan fingerprint density at radius 3 is 2.94 bits per heavy atom. The number of carbonyl (C=O) groups excluding carboxylic acids is 1. The van der Waals surface area contributed by atoms with Crippen LogP contribution >= 0.6 is 11.3 Å². The van der Waals surface area contributed by atoms with Crippen molar-refractivity contribution in [1.29, 1.82) is 0 Å². The Hall–Kier alpha value is -1.62. The molecule has 0 aliphatic rings. The highest BCUT2D eigenvalue weighted by Gasteiger charge is 2.10. The number of nitrogens with zero attached hydrogens (tertiary/aromatic N) is 1. The second-order valence-electron chi connectivity index (χ2n) is 3.46. The lowest BCUT2D eigenvalue weighted by Gasteiger charge is -1.99. The summed E-state index contributed by atoms with van der Waals surface area (Å²) in [6, 6.07) is 3.27. The van der Waals surface area contributed by atoms with Crippen LogP contribution in [0.4, 0.5) is 8.78 Å². The summed E-state index contributed by atoms with van der Waals surface area (Å²) in [6.45, 7) is 0. The zero-order valence-electron chi connectivity index (χ0n) is 8.82. The molecule has 0 spiro atoms. The van der Waals surface area contributed by atoms with Crippen LogP contribution in [0.3, 0.4) is 0 Å². The molecule has 0 aliphatic carbocycles. The van der Waals surface area contributed by atoms with Gasteiger partial charge in [-0.25, -0.2) is 13.8 Å². The summed E-state index contributed by atoms with van der Waals surface area (Å²) in [5, 5.41) is 2.41.